The summed E-state index contributed by atoms with van der Waals surface area (Å²) < 4.78 is 5.86. The third kappa shape index (κ3) is 5.54. The summed E-state index contributed by atoms with van der Waals surface area (Å²) in [6.07, 6.45) is 5.32. The maximum Gasteiger partial charge on any atom is 0.0593 e. The van der Waals surface area contributed by atoms with Crippen molar-refractivity contribution >= 4 is 0 Å². The summed E-state index contributed by atoms with van der Waals surface area (Å²) in [5.74, 6) is 2.47. The molecule has 1 saturated carbocycles. The van der Waals surface area contributed by atoms with Crippen LogP contribution in [0.15, 0.2) is 0 Å². The Morgan fingerprint density at radius 3 is 2.57 bits per heavy atom. The van der Waals surface area contributed by atoms with Crippen LogP contribution in [0, 0.1) is 17.8 Å². The van der Waals surface area contributed by atoms with Gasteiger partial charge in [-0.3, -0.25) is 4.90 Å². The normalized spacial score (nSPS) is 29.0. The van der Waals surface area contributed by atoms with Gasteiger partial charge in [0.05, 0.1) is 6.61 Å². The molecule has 1 heterocycles. The average Bonchev–Trinajstić information content (AvgIpc) is 3.30. The topological polar surface area (TPSA) is 24.5 Å². The summed E-state index contributed by atoms with van der Waals surface area (Å²) in [6.45, 7) is 14.6. The Hall–Kier alpha value is -0.120. The molecule has 1 N–H and O–H groups in total. The van der Waals surface area contributed by atoms with Crippen molar-refractivity contribution in [2.24, 2.45) is 17.8 Å². The minimum absolute atomic E-state index is 0.667. The van der Waals surface area contributed by atoms with Crippen molar-refractivity contribution in [1.29, 1.82) is 0 Å². The van der Waals surface area contributed by atoms with E-state index < -0.39 is 0 Å². The Morgan fingerprint density at radius 1 is 1.19 bits per heavy atom. The molecule has 1 aliphatic carbocycles. The van der Waals surface area contributed by atoms with Gasteiger partial charge in [-0.25, -0.2) is 0 Å². The lowest BCUT2D eigenvalue weighted by Crippen LogP contribution is -2.59. The van der Waals surface area contributed by atoms with Crippen LogP contribution in [-0.4, -0.2) is 49.8 Å². The SMILES string of the molecule is CCC(C)C1CN(CCOCCC(C)C)C(C2CC2)CN1. The minimum atomic E-state index is 0.667. The molecule has 0 aromatic rings. The van der Waals surface area contributed by atoms with E-state index in [9.17, 15) is 0 Å². The van der Waals surface area contributed by atoms with E-state index in [1.807, 2.05) is 0 Å². The molecule has 0 amide bonds. The van der Waals surface area contributed by atoms with Crippen molar-refractivity contribution in [3.63, 3.8) is 0 Å². The van der Waals surface area contributed by atoms with E-state index in [2.05, 4.69) is 37.9 Å². The molecular formula is C18H36N2O. The fraction of sp³-hybridized carbons (Fsp3) is 1.00. The molecule has 2 rings (SSSR count). The second kappa shape index (κ2) is 8.50. The maximum absolute atomic E-state index is 5.86. The summed E-state index contributed by atoms with van der Waals surface area (Å²) in [4.78, 5) is 2.72. The number of nitrogens with zero attached hydrogens (tertiary/aromatic N) is 1. The predicted molar refractivity (Wildman–Crippen MR) is 89.6 cm³/mol. The van der Waals surface area contributed by atoms with Gasteiger partial charge in [0.15, 0.2) is 0 Å². The van der Waals surface area contributed by atoms with Crippen LogP contribution in [0.1, 0.15) is 53.4 Å². The lowest BCUT2D eigenvalue weighted by molar-refractivity contribution is 0.0473. The first-order valence-corrected chi connectivity index (χ1v) is 9.17. The van der Waals surface area contributed by atoms with E-state index in [4.69, 9.17) is 4.74 Å². The largest absolute Gasteiger partial charge is 0.380 e. The van der Waals surface area contributed by atoms with Crippen molar-refractivity contribution in [3.8, 4) is 0 Å². The van der Waals surface area contributed by atoms with Crippen LogP contribution in [0.4, 0.5) is 0 Å². The highest BCUT2D eigenvalue weighted by Crippen LogP contribution is 2.36. The van der Waals surface area contributed by atoms with Gasteiger partial charge in [0.1, 0.15) is 0 Å². The van der Waals surface area contributed by atoms with Gasteiger partial charge < -0.3 is 10.1 Å². The molecule has 0 aromatic heterocycles. The number of hydrogen-bond acceptors (Lipinski definition) is 3. The zero-order chi connectivity index (χ0) is 15.2. The zero-order valence-corrected chi connectivity index (χ0v) is 14.6. The minimum Gasteiger partial charge on any atom is -0.380 e. The first kappa shape index (κ1) is 17.2. The lowest BCUT2D eigenvalue weighted by atomic mass is 9.94. The van der Waals surface area contributed by atoms with Crippen LogP contribution in [0.25, 0.3) is 0 Å². The molecule has 0 radical (unpaired) electrons. The summed E-state index contributed by atoms with van der Waals surface area (Å²) in [7, 11) is 0. The van der Waals surface area contributed by atoms with Crippen LogP contribution in [0.3, 0.4) is 0 Å². The fourth-order valence-corrected chi connectivity index (χ4v) is 3.33. The van der Waals surface area contributed by atoms with Gasteiger partial charge in [-0.1, -0.05) is 34.1 Å². The lowest BCUT2D eigenvalue weighted by Gasteiger charge is -2.42. The summed E-state index contributed by atoms with van der Waals surface area (Å²) in [6, 6.07) is 1.43. The molecule has 2 fully saturated rings. The van der Waals surface area contributed by atoms with Gasteiger partial charge in [0.2, 0.25) is 0 Å². The van der Waals surface area contributed by atoms with Gasteiger partial charge in [0.25, 0.3) is 0 Å². The first-order valence-electron chi connectivity index (χ1n) is 9.17. The molecule has 3 heteroatoms. The molecule has 124 valence electrons. The van der Waals surface area contributed by atoms with Gasteiger partial charge in [-0.15, -0.1) is 0 Å². The van der Waals surface area contributed by atoms with Crippen molar-refractivity contribution in [2.75, 3.05) is 32.8 Å². The molecule has 0 aromatic carbocycles. The van der Waals surface area contributed by atoms with Crippen LogP contribution < -0.4 is 5.32 Å². The van der Waals surface area contributed by atoms with E-state index in [0.29, 0.717) is 6.04 Å². The van der Waals surface area contributed by atoms with E-state index in [-0.39, 0.29) is 0 Å². The summed E-state index contributed by atoms with van der Waals surface area (Å²) >= 11 is 0. The number of ether oxygens (including phenoxy) is 1. The molecule has 3 atom stereocenters. The Bertz CT molecular complexity index is 291. The number of hydrogen-bond donors (Lipinski definition) is 1. The fourth-order valence-electron chi connectivity index (χ4n) is 3.33. The number of piperazine rings is 1. The highest BCUT2D eigenvalue weighted by atomic mass is 16.5. The first-order chi connectivity index (χ1) is 10.1. The predicted octanol–water partition coefficient (Wildman–Crippen LogP) is 3.15. The Morgan fingerprint density at radius 2 is 1.95 bits per heavy atom. The van der Waals surface area contributed by atoms with E-state index in [0.717, 1.165) is 43.6 Å². The smallest absolute Gasteiger partial charge is 0.0593 e. The van der Waals surface area contributed by atoms with Crippen molar-refractivity contribution in [2.45, 2.75) is 65.5 Å². The summed E-state index contributed by atoms with van der Waals surface area (Å²) in [5, 5.41) is 3.81. The maximum atomic E-state index is 5.86. The molecule has 3 unspecified atom stereocenters. The van der Waals surface area contributed by atoms with E-state index >= 15 is 0 Å². The van der Waals surface area contributed by atoms with Crippen molar-refractivity contribution in [3.05, 3.63) is 0 Å². The average molecular weight is 296 g/mol. The molecule has 2 aliphatic rings. The summed E-state index contributed by atoms with van der Waals surface area (Å²) in [5.41, 5.74) is 0. The Balaban J connectivity index is 1.74. The van der Waals surface area contributed by atoms with Gasteiger partial charge >= 0.3 is 0 Å². The number of nitrogens with one attached hydrogen (secondary N) is 1. The third-order valence-electron chi connectivity index (χ3n) is 5.35. The van der Waals surface area contributed by atoms with Crippen LogP contribution in [0.2, 0.25) is 0 Å². The molecule has 3 nitrogen and oxygen atoms in total. The third-order valence-corrected chi connectivity index (χ3v) is 5.35. The van der Waals surface area contributed by atoms with Gasteiger partial charge in [-0.2, -0.15) is 0 Å². The van der Waals surface area contributed by atoms with Gasteiger partial charge in [0, 0.05) is 38.3 Å². The standard InChI is InChI=1S/C18H36N2O/c1-5-15(4)17-13-20(9-11-21-10-8-14(2)3)18(12-19-17)16-6-7-16/h14-19H,5-13H2,1-4H3. The molecule has 1 saturated heterocycles. The Kier molecular flexibility index (Phi) is 6.97. The van der Waals surface area contributed by atoms with Gasteiger partial charge in [-0.05, 0) is 37.0 Å². The molecule has 21 heavy (non-hydrogen) atoms. The zero-order valence-electron chi connectivity index (χ0n) is 14.6. The van der Waals surface area contributed by atoms with Crippen LogP contribution in [-0.2, 0) is 4.74 Å². The monoisotopic (exact) mass is 296 g/mol. The second-order valence-electron chi connectivity index (χ2n) is 7.59. The van der Waals surface area contributed by atoms with Crippen molar-refractivity contribution < 1.29 is 4.74 Å². The highest BCUT2D eigenvalue weighted by molar-refractivity contribution is 4.95. The molecule has 0 spiro atoms. The highest BCUT2D eigenvalue weighted by Gasteiger charge is 2.39. The van der Waals surface area contributed by atoms with Crippen LogP contribution in [0.5, 0.6) is 0 Å². The molecule has 1 aliphatic heterocycles. The number of rotatable bonds is 9. The molecule has 0 bridgehead atoms. The van der Waals surface area contributed by atoms with E-state index in [1.54, 1.807) is 0 Å². The van der Waals surface area contributed by atoms with Crippen LogP contribution >= 0.6 is 0 Å². The quantitative estimate of drug-likeness (QED) is 0.662. The Labute approximate surface area is 131 Å². The molecular weight excluding hydrogens is 260 g/mol. The van der Waals surface area contributed by atoms with Crippen molar-refractivity contribution in [1.82, 2.24) is 10.2 Å². The second-order valence-corrected chi connectivity index (χ2v) is 7.59. The van der Waals surface area contributed by atoms with E-state index in [1.165, 1.54) is 38.8 Å².